The molecule has 8 nitrogen and oxygen atoms in total. The van der Waals surface area contributed by atoms with Gasteiger partial charge in [-0.15, -0.1) is 0 Å². The lowest BCUT2D eigenvalue weighted by Gasteiger charge is -2.32. The maximum atomic E-state index is 15.0. The van der Waals surface area contributed by atoms with Crippen LogP contribution in [0.3, 0.4) is 0 Å². The number of amides is 1. The first-order valence-electron chi connectivity index (χ1n) is 13.4. The zero-order valence-corrected chi connectivity index (χ0v) is 22.7. The van der Waals surface area contributed by atoms with E-state index in [1.54, 1.807) is 24.4 Å². The highest BCUT2D eigenvalue weighted by Crippen LogP contribution is 2.25. The van der Waals surface area contributed by atoms with Crippen LogP contribution in [0.2, 0.25) is 0 Å². The fourth-order valence-electron chi connectivity index (χ4n) is 4.45. The van der Waals surface area contributed by atoms with Crippen LogP contribution in [-0.4, -0.2) is 72.1 Å². The van der Waals surface area contributed by atoms with Gasteiger partial charge in [0, 0.05) is 61.8 Å². The van der Waals surface area contributed by atoms with Gasteiger partial charge < -0.3 is 20.3 Å². The monoisotopic (exact) mass is 540 g/mol. The summed E-state index contributed by atoms with van der Waals surface area (Å²) in [4.78, 5) is 26.4. The van der Waals surface area contributed by atoms with E-state index in [1.807, 2.05) is 49.4 Å². The van der Waals surface area contributed by atoms with Crippen molar-refractivity contribution in [2.24, 2.45) is 0 Å². The number of halogens is 1. The van der Waals surface area contributed by atoms with Crippen molar-refractivity contribution in [1.29, 1.82) is 0 Å². The van der Waals surface area contributed by atoms with Crippen LogP contribution in [0.15, 0.2) is 79.0 Å². The van der Waals surface area contributed by atoms with Crippen molar-refractivity contribution in [3.8, 4) is 17.0 Å². The molecule has 0 unspecified atom stereocenters. The Balaban J connectivity index is 1.20. The van der Waals surface area contributed by atoms with Crippen LogP contribution in [0.1, 0.15) is 15.9 Å². The number of carbonyl (C=O) groups is 1. The second-order valence-corrected chi connectivity index (χ2v) is 9.88. The van der Waals surface area contributed by atoms with E-state index in [-0.39, 0.29) is 17.2 Å². The van der Waals surface area contributed by atoms with Gasteiger partial charge in [-0.2, -0.15) is 0 Å². The van der Waals surface area contributed by atoms with E-state index in [1.165, 1.54) is 12.1 Å². The second kappa shape index (κ2) is 12.7. The third-order valence-corrected chi connectivity index (χ3v) is 6.93. The number of rotatable bonds is 9. The highest BCUT2D eigenvalue weighted by atomic mass is 19.1. The zero-order chi connectivity index (χ0) is 27.9. The lowest BCUT2D eigenvalue weighted by Crippen LogP contribution is -2.45. The van der Waals surface area contributed by atoms with E-state index in [9.17, 15) is 9.18 Å². The number of benzene rings is 3. The summed E-state index contributed by atoms with van der Waals surface area (Å²) in [5.41, 5.74) is 3.52. The zero-order valence-electron chi connectivity index (χ0n) is 22.7. The van der Waals surface area contributed by atoms with Crippen molar-refractivity contribution in [1.82, 2.24) is 19.8 Å². The minimum absolute atomic E-state index is 0.175. The van der Waals surface area contributed by atoms with Gasteiger partial charge in [0.15, 0.2) is 0 Å². The molecular formula is C31H33FN6O2. The Hall–Kier alpha value is -4.34. The SMILES string of the molecule is Cc1ccc(OCCN2CCN(C)CC2)cc1NC(=O)c1ccc(Nc2nccc(-c3ccccc3)n2)c(F)c1. The van der Waals surface area contributed by atoms with E-state index in [0.717, 1.165) is 49.5 Å². The molecule has 1 aliphatic rings. The topological polar surface area (TPSA) is 82.6 Å². The van der Waals surface area contributed by atoms with Gasteiger partial charge in [0.25, 0.3) is 5.91 Å². The molecule has 1 aliphatic heterocycles. The number of hydrogen-bond donors (Lipinski definition) is 2. The number of carbonyl (C=O) groups excluding carboxylic acids is 1. The van der Waals surface area contributed by atoms with Gasteiger partial charge >= 0.3 is 0 Å². The predicted octanol–water partition coefficient (Wildman–Crippen LogP) is 5.21. The third-order valence-electron chi connectivity index (χ3n) is 6.93. The minimum atomic E-state index is -0.584. The fraction of sp³-hybridized carbons (Fsp3) is 0.258. The molecule has 1 amide bonds. The van der Waals surface area contributed by atoms with Crippen molar-refractivity contribution in [2.75, 3.05) is 57.0 Å². The molecule has 4 aromatic rings. The molecule has 0 bridgehead atoms. The molecule has 0 aliphatic carbocycles. The van der Waals surface area contributed by atoms with Crippen molar-refractivity contribution in [3.63, 3.8) is 0 Å². The van der Waals surface area contributed by atoms with Crippen LogP contribution >= 0.6 is 0 Å². The van der Waals surface area contributed by atoms with Crippen molar-refractivity contribution in [3.05, 3.63) is 95.9 Å². The summed E-state index contributed by atoms with van der Waals surface area (Å²) in [5, 5.41) is 5.80. The predicted molar refractivity (Wildman–Crippen MR) is 156 cm³/mol. The standard InChI is InChI=1S/C31H33FN6O2/c1-22-8-10-25(40-19-18-38-16-14-37(2)15-17-38)21-29(22)34-30(39)24-9-11-28(26(32)20-24)36-31-33-13-12-27(35-31)23-6-4-3-5-7-23/h3-13,20-21H,14-19H2,1-2H3,(H,34,39)(H,33,35,36). The quantitative estimate of drug-likeness (QED) is 0.302. The second-order valence-electron chi connectivity index (χ2n) is 9.88. The lowest BCUT2D eigenvalue weighted by atomic mass is 10.1. The number of hydrogen-bond acceptors (Lipinski definition) is 7. The van der Waals surface area contributed by atoms with E-state index >= 15 is 0 Å². The average molecular weight is 541 g/mol. The molecule has 0 spiro atoms. The summed E-state index contributed by atoms with van der Waals surface area (Å²) in [6.45, 7) is 7.52. The number of anilines is 3. The van der Waals surface area contributed by atoms with Crippen LogP contribution in [0.4, 0.5) is 21.7 Å². The molecule has 1 aromatic heterocycles. The number of ether oxygens (including phenoxy) is 1. The van der Waals surface area contributed by atoms with E-state index in [0.29, 0.717) is 18.0 Å². The molecule has 0 radical (unpaired) electrons. The van der Waals surface area contributed by atoms with Gasteiger partial charge in [-0.25, -0.2) is 14.4 Å². The Morgan fingerprint density at radius 3 is 2.55 bits per heavy atom. The molecule has 0 saturated carbocycles. The van der Waals surface area contributed by atoms with Crippen molar-refractivity contribution < 1.29 is 13.9 Å². The van der Waals surface area contributed by atoms with Crippen molar-refractivity contribution in [2.45, 2.75) is 6.92 Å². The fourth-order valence-corrected chi connectivity index (χ4v) is 4.45. The summed E-state index contributed by atoms with van der Waals surface area (Å²) < 4.78 is 21.0. The van der Waals surface area contributed by atoms with Crippen LogP contribution in [0.5, 0.6) is 5.75 Å². The van der Waals surface area contributed by atoms with Crippen molar-refractivity contribution >= 4 is 23.2 Å². The number of aromatic nitrogens is 2. The summed E-state index contributed by atoms with van der Waals surface area (Å²) in [6, 6.07) is 21.3. The van der Waals surface area contributed by atoms with Gasteiger partial charge in [-0.3, -0.25) is 9.69 Å². The van der Waals surface area contributed by atoms with Gasteiger partial charge in [-0.1, -0.05) is 36.4 Å². The first-order chi connectivity index (χ1) is 19.4. The first-order valence-corrected chi connectivity index (χ1v) is 13.4. The largest absolute Gasteiger partial charge is 0.492 e. The van der Waals surface area contributed by atoms with E-state index in [2.05, 4.69) is 37.4 Å². The third kappa shape index (κ3) is 6.99. The lowest BCUT2D eigenvalue weighted by molar-refractivity contribution is 0.102. The summed E-state index contributed by atoms with van der Waals surface area (Å²) in [7, 11) is 2.14. The number of nitrogens with zero attached hydrogens (tertiary/aromatic N) is 4. The number of likely N-dealkylation sites (N-methyl/N-ethyl adjacent to an activating group) is 1. The van der Waals surface area contributed by atoms with Crippen LogP contribution in [0.25, 0.3) is 11.3 Å². The molecule has 1 saturated heterocycles. The van der Waals surface area contributed by atoms with Crippen LogP contribution < -0.4 is 15.4 Å². The molecule has 9 heteroatoms. The highest BCUT2D eigenvalue weighted by Gasteiger charge is 2.15. The molecule has 0 atom stereocenters. The number of aryl methyl sites for hydroxylation is 1. The van der Waals surface area contributed by atoms with Gasteiger partial charge in [0.2, 0.25) is 5.95 Å². The van der Waals surface area contributed by atoms with E-state index in [4.69, 9.17) is 4.74 Å². The molecule has 1 fully saturated rings. The van der Waals surface area contributed by atoms with Gasteiger partial charge in [0.05, 0.1) is 11.4 Å². The molecular weight excluding hydrogens is 507 g/mol. The summed E-state index contributed by atoms with van der Waals surface area (Å²) in [6.07, 6.45) is 1.62. The Morgan fingerprint density at radius 1 is 0.975 bits per heavy atom. The Bertz CT molecular complexity index is 1460. The summed E-state index contributed by atoms with van der Waals surface area (Å²) in [5.74, 6) is -0.0551. The normalized spacial score (nSPS) is 14.1. The average Bonchev–Trinajstić information content (AvgIpc) is 2.97. The molecule has 5 rings (SSSR count). The molecule has 2 N–H and O–H groups in total. The Kier molecular flexibility index (Phi) is 8.63. The van der Waals surface area contributed by atoms with Gasteiger partial charge in [-0.05, 0) is 49.9 Å². The molecule has 206 valence electrons. The van der Waals surface area contributed by atoms with Gasteiger partial charge in [0.1, 0.15) is 18.2 Å². The Morgan fingerprint density at radius 2 is 1.77 bits per heavy atom. The summed E-state index contributed by atoms with van der Waals surface area (Å²) >= 11 is 0. The molecule has 3 aromatic carbocycles. The maximum Gasteiger partial charge on any atom is 0.255 e. The first kappa shape index (κ1) is 27.2. The highest BCUT2D eigenvalue weighted by molar-refractivity contribution is 6.05. The number of nitrogens with one attached hydrogen (secondary N) is 2. The molecule has 40 heavy (non-hydrogen) atoms. The van der Waals surface area contributed by atoms with Crippen LogP contribution in [-0.2, 0) is 0 Å². The smallest absolute Gasteiger partial charge is 0.255 e. The number of piperazine rings is 1. The molecule has 2 heterocycles. The van der Waals surface area contributed by atoms with E-state index < -0.39 is 11.7 Å². The maximum absolute atomic E-state index is 15.0. The Labute approximate surface area is 233 Å². The van der Waals surface area contributed by atoms with Crippen LogP contribution in [0, 0.1) is 12.7 Å². The minimum Gasteiger partial charge on any atom is -0.492 e.